The van der Waals surface area contributed by atoms with E-state index in [-0.39, 0.29) is 30.7 Å². The van der Waals surface area contributed by atoms with Gasteiger partial charge in [-0.05, 0) is 29.4 Å². The van der Waals surface area contributed by atoms with E-state index in [1.807, 2.05) is 71.3 Å². The average Bonchev–Trinajstić information content (AvgIpc) is 3.40. The molecule has 0 saturated carbocycles. The van der Waals surface area contributed by atoms with Crippen LogP contribution in [0.1, 0.15) is 52.3 Å². The van der Waals surface area contributed by atoms with Crippen LogP contribution in [0, 0.1) is 18.3 Å². The van der Waals surface area contributed by atoms with Crippen LogP contribution in [0.25, 0.3) is 10.4 Å². The van der Waals surface area contributed by atoms with Gasteiger partial charge in [0.2, 0.25) is 11.8 Å². The van der Waals surface area contributed by atoms with Gasteiger partial charge in [0.1, 0.15) is 12.3 Å². The largest absolute Gasteiger partial charge is 0.391 e. The molecule has 4 atom stereocenters. The number of carbonyl (C=O) groups excluding carboxylic acids is 2. The minimum absolute atomic E-state index is 0.0812. The molecule has 8 nitrogen and oxygen atoms in total. The molecule has 1 aromatic carbocycles. The molecule has 3 rings (SSSR count). The first-order chi connectivity index (χ1) is 16.4. The standard InChI is InChI=1S/C26H38N4O4S/c1-15(2)23(32)29-22(26(4,5)6)25(34)30-13-19(31)11-20(30)24(33)27-12-17-7-9-18(10-8-17)21-16(3)28-14-35-21/h7-10,14-15,19-20,22-23,29,31-32H,11-13H2,1-6H3,(H,27,33)/t19-,20+,22-,23?/m1/s1. The van der Waals surface area contributed by atoms with Crippen molar-refractivity contribution in [3.05, 3.63) is 41.0 Å². The van der Waals surface area contributed by atoms with Gasteiger partial charge < -0.3 is 20.4 Å². The number of aryl methyl sites for hydroxylation is 1. The number of nitrogens with one attached hydrogen (secondary N) is 2. The number of hydrogen-bond donors (Lipinski definition) is 4. The van der Waals surface area contributed by atoms with Crippen LogP contribution in [0.2, 0.25) is 0 Å². The maximum absolute atomic E-state index is 13.5. The lowest BCUT2D eigenvalue weighted by molar-refractivity contribution is -0.143. The first-order valence-electron chi connectivity index (χ1n) is 12.1. The predicted octanol–water partition coefficient (Wildman–Crippen LogP) is 2.68. The summed E-state index contributed by atoms with van der Waals surface area (Å²) >= 11 is 1.59. The van der Waals surface area contributed by atoms with Crippen LogP contribution in [-0.4, -0.2) is 62.9 Å². The fraction of sp³-hybridized carbons (Fsp3) is 0.577. The highest BCUT2D eigenvalue weighted by atomic mass is 32.1. The van der Waals surface area contributed by atoms with Crippen molar-refractivity contribution in [3.8, 4) is 10.4 Å². The van der Waals surface area contributed by atoms with Gasteiger partial charge in [-0.15, -0.1) is 11.3 Å². The molecule has 2 aromatic rings. The quantitative estimate of drug-likeness (QED) is 0.413. The number of hydrogen-bond acceptors (Lipinski definition) is 7. The number of likely N-dealkylation sites (tertiary alicyclic amines) is 1. The van der Waals surface area contributed by atoms with E-state index in [9.17, 15) is 19.8 Å². The third-order valence-electron chi connectivity index (χ3n) is 6.37. The monoisotopic (exact) mass is 502 g/mol. The lowest BCUT2D eigenvalue weighted by Crippen LogP contribution is -2.59. The summed E-state index contributed by atoms with van der Waals surface area (Å²) in [7, 11) is 0. The van der Waals surface area contributed by atoms with Crippen molar-refractivity contribution in [2.24, 2.45) is 11.3 Å². The summed E-state index contributed by atoms with van der Waals surface area (Å²) in [5.74, 6) is -0.671. The maximum atomic E-state index is 13.5. The van der Waals surface area contributed by atoms with E-state index in [2.05, 4.69) is 15.6 Å². The number of carbonyl (C=O) groups is 2. The molecule has 192 valence electrons. The lowest BCUT2D eigenvalue weighted by Gasteiger charge is -2.37. The first kappa shape index (κ1) is 27.3. The number of aliphatic hydroxyl groups is 2. The number of aromatic nitrogens is 1. The minimum atomic E-state index is -0.861. The van der Waals surface area contributed by atoms with Gasteiger partial charge in [0, 0.05) is 19.5 Å². The maximum Gasteiger partial charge on any atom is 0.243 e. The summed E-state index contributed by atoms with van der Waals surface area (Å²) in [6, 6.07) is 6.48. The summed E-state index contributed by atoms with van der Waals surface area (Å²) < 4.78 is 0. The van der Waals surface area contributed by atoms with Crippen molar-refractivity contribution < 1.29 is 19.8 Å². The molecule has 1 fully saturated rings. The van der Waals surface area contributed by atoms with Crippen molar-refractivity contribution in [3.63, 3.8) is 0 Å². The normalized spacial score (nSPS) is 20.2. The Kier molecular flexibility index (Phi) is 8.69. The van der Waals surface area contributed by atoms with Gasteiger partial charge in [-0.1, -0.05) is 58.9 Å². The van der Waals surface area contributed by atoms with E-state index in [0.717, 1.165) is 21.7 Å². The van der Waals surface area contributed by atoms with Gasteiger partial charge >= 0.3 is 0 Å². The average molecular weight is 503 g/mol. The summed E-state index contributed by atoms with van der Waals surface area (Å²) in [6.45, 7) is 11.9. The van der Waals surface area contributed by atoms with Crippen LogP contribution < -0.4 is 10.6 Å². The highest BCUT2D eigenvalue weighted by molar-refractivity contribution is 7.13. The van der Waals surface area contributed by atoms with Crippen molar-refractivity contribution in [2.75, 3.05) is 6.54 Å². The van der Waals surface area contributed by atoms with Crippen LogP contribution >= 0.6 is 11.3 Å². The van der Waals surface area contributed by atoms with Crippen molar-refractivity contribution >= 4 is 23.2 Å². The first-order valence-corrected chi connectivity index (χ1v) is 13.0. The van der Waals surface area contributed by atoms with Gasteiger partial charge in [-0.2, -0.15) is 0 Å². The highest BCUT2D eigenvalue weighted by Crippen LogP contribution is 2.28. The molecular formula is C26H38N4O4S. The van der Waals surface area contributed by atoms with Crippen LogP contribution in [0.4, 0.5) is 0 Å². The summed E-state index contributed by atoms with van der Waals surface area (Å²) in [4.78, 5) is 33.5. The van der Waals surface area contributed by atoms with E-state index < -0.39 is 29.8 Å². The molecule has 0 aliphatic carbocycles. The second kappa shape index (κ2) is 11.2. The number of nitrogens with zero attached hydrogens (tertiary/aromatic N) is 2. The molecule has 9 heteroatoms. The van der Waals surface area contributed by atoms with Gasteiger partial charge in [0.15, 0.2) is 0 Å². The molecule has 0 radical (unpaired) electrons. The number of thiazole rings is 1. The molecule has 1 aliphatic heterocycles. The van der Waals surface area contributed by atoms with Gasteiger partial charge in [-0.25, -0.2) is 4.98 Å². The summed E-state index contributed by atoms with van der Waals surface area (Å²) in [5, 5.41) is 26.6. The van der Waals surface area contributed by atoms with E-state index in [1.165, 1.54) is 4.90 Å². The third kappa shape index (κ3) is 6.67. The number of aliphatic hydroxyl groups excluding tert-OH is 2. The summed E-state index contributed by atoms with van der Waals surface area (Å²) in [6.07, 6.45) is -1.45. The number of β-amino-alcohol motifs (C(OH)–C–C–N with tert-alkyl or cyclic N) is 1. The molecular weight excluding hydrogens is 464 g/mol. The molecule has 1 aliphatic rings. The van der Waals surface area contributed by atoms with Crippen molar-refractivity contribution in [1.82, 2.24) is 20.5 Å². The third-order valence-corrected chi connectivity index (χ3v) is 7.35. The number of rotatable bonds is 8. The molecule has 4 N–H and O–H groups in total. The molecule has 0 bridgehead atoms. The summed E-state index contributed by atoms with van der Waals surface area (Å²) in [5.41, 5.74) is 4.34. The molecule has 35 heavy (non-hydrogen) atoms. The predicted molar refractivity (Wildman–Crippen MR) is 137 cm³/mol. The Balaban J connectivity index is 1.68. The molecule has 0 spiro atoms. The van der Waals surface area contributed by atoms with Gasteiger partial charge in [0.25, 0.3) is 0 Å². The Morgan fingerprint density at radius 3 is 2.43 bits per heavy atom. The smallest absolute Gasteiger partial charge is 0.243 e. The molecule has 1 unspecified atom stereocenters. The van der Waals surface area contributed by atoms with E-state index in [1.54, 1.807) is 11.3 Å². The Labute approximate surface area is 211 Å². The molecule has 2 heterocycles. The Bertz CT molecular complexity index is 1020. The Morgan fingerprint density at radius 2 is 1.89 bits per heavy atom. The molecule has 2 amide bonds. The topological polar surface area (TPSA) is 115 Å². The van der Waals surface area contributed by atoms with Gasteiger partial charge in [-0.3, -0.25) is 14.9 Å². The van der Waals surface area contributed by atoms with Crippen LogP contribution in [0.15, 0.2) is 29.8 Å². The number of amides is 2. The Morgan fingerprint density at radius 1 is 1.23 bits per heavy atom. The zero-order valence-corrected chi connectivity index (χ0v) is 22.2. The van der Waals surface area contributed by atoms with E-state index >= 15 is 0 Å². The zero-order chi connectivity index (χ0) is 25.9. The fourth-order valence-electron chi connectivity index (χ4n) is 4.19. The second-order valence-electron chi connectivity index (χ2n) is 10.7. The van der Waals surface area contributed by atoms with Crippen LogP contribution in [0.5, 0.6) is 0 Å². The van der Waals surface area contributed by atoms with Crippen molar-refractivity contribution in [1.29, 1.82) is 0 Å². The van der Waals surface area contributed by atoms with Crippen LogP contribution in [-0.2, 0) is 16.1 Å². The van der Waals surface area contributed by atoms with E-state index in [4.69, 9.17) is 0 Å². The van der Waals surface area contributed by atoms with Crippen molar-refractivity contribution in [2.45, 2.75) is 78.9 Å². The SMILES string of the molecule is Cc1ncsc1-c1ccc(CNC(=O)[C@@H]2C[C@@H](O)CN2C(=O)[C@@H](NC(O)C(C)C)C(C)(C)C)cc1. The Hall–Kier alpha value is -2.33. The number of benzene rings is 1. The van der Waals surface area contributed by atoms with Gasteiger partial charge in [0.05, 0.1) is 28.2 Å². The lowest BCUT2D eigenvalue weighted by atomic mass is 9.85. The molecule has 1 aromatic heterocycles. The molecule has 1 saturated heterocycles. The highest BCUT2D eigenvalue weighted by Gasteiger charge is 2.44. The second-order valence-corrected chi connectivity index (χ2v) is 11.6. The minimum Gasteiger partial charge on any atom is -0.391 e. The fourth-order valence-corrected chi connectivity index (χ4v) is 5.00. The van der Waals surface area contributed by atoms with Crippen LogP contribution in [0.3, 0.4) is 0 Å². The zero-order valence-electron chi connectivity index (χ0n) is 21.4. The van der Waals surface area contributed by atoms with E-state index in [0.29, 0.717) is 6.54 Å².